The second-order valence-electron chi connectivity index (χ2n) is 9.38. The van der Waals surface area contributed by atoms with Gasteiger partial charge in [-0.1, -0.05) is 24.3 Å². The number of nitrogens with one attached hydrogen (secondary N) is 2. The number of alkyl halides is 3. The first kappa shape index (κ1) is 30.0. The minimum absolute atomic E-state index is 0.0165. The molecule has 0 aliphatic carbocycles. The summed E-state index contributed by atoms with van der Waals surface area (Å²) < 4.78 is 41.5. The van der Waals surface area contributed by atoms with Crippen molar-refractivity contribution in [2.45, 2.75) is 31.8 Å². The number of halogens is 3. The smallest absolute Gasteiger partial charge is 0.481 e. The number of aromatic nitrogens is 1. The highest BCUT2D eigenvalue weighted by Crippen LogP contribution is 2.29. The van der Waals surface area contributed by atoms with Gasteiger partial charge in [-0.2, -0.15) is 0 Å². The number of hydrogen-bond acceptors (Lipinski definition) is 7. The molecule has 0 spiro atoms. The number of ether oxygens (including phenoxy) is 1. The van der Waals surface area contributed by atoms with Crippen LogP contribution >= 0.6 is 0 Å². The van der Waals surface area contributed by atoms with E-state index in [1.54, 1.807) is 42.5 Å². The zero-order chi connectivity index (χ0) is 30.3. The molecule has 3 N–H and O–H groups in total. The van der Waals surface area contributed by atoms with Crippen LogP contribution in [0.4, 0.5) is 24.5 Å². The van der Waals surface area contributed by atoms with Gasteiger partial charge >= 0.3 is 12.3 Å². The van der Waals surface area contributed by atoms with Gasteiger partial charge in [0.1, 0.15) is 5.75 Å². The van der Waals surface area contributed by atoms with E-state index in [0.29, 0.717) is 28.9 Å². The Morgan fingerprint density at radius 2 is 1.95 bits per heavy atom. The highest BCUT2D eigenvalue weighted by atomic mass is 19.4. The Hall–Kier alpha value is -4.98. The van der Waals surface area contributed by atoms with E-state index in [9.17, 15) is 37.5 Å². The van der Waals surface area contributed by atoms with Gasteiger partial charge in [0.25, 0.3) is 0 Å². The molecule has 1 saturated heterocycles. The Kier molecular flexibility index (Phi) is 9.37. The zero-order valence-electron chi connectivity index (χ0n) is 22.0. The average Bonchev–Trinajstić information content (AvgIpc) is 3.34. The van der Waals surface area contributed by atoms with E-state index in [4.69, 9.17) is 0 Å². The number of anilines is 2. The molecule has 1 aromatic heterocycles. The average molecular weight is 586 g/mol. The molecule has 220 valence electrons. The largest absolute Gasteiger partial charge is 0.573 e. The molecule has 1 fully saturated rings. The molecule has 2 aromatic carbocycles. The van der Waals surface area contributed by atoms with Crippen molar-refractivity contribution in [2.24, 2.45) is 5.92 Å². The first-order chi connectivity index (χ1) is 20.0. The number of hydrazine groups is 1. The zero-order valence-corrected chi connectivity index (χ0v) is 22.0. The van der Waals surface area contributed by atoms with Crippen molar-refractivity contribution in [3.8, 4) is 5.75 Å². The van der Waals surface area contributed by atoms with Crippen LogP contribution in [-0.2, 0) is 25.7 Å². The first-order valence-electron chi connectivity index (χ1n) is 12.7. The molecule has 2 unspecified atom stereocenters. The standard InChI is InChI=1S/C28H26F3N5O6/c29-28(30,31)42-23-8-1-4-18(10-23)14-33-36(17-37)22-7-2-6-21(12-22)35-16-20(11-25(35)38)27(41)34-24(13-26(39)40)19-5-3-9-32-15-19/h1-10,12,15,17,20,24,33H,11,13-14,16H2,(H,34,41)(H,39,40). The van der Waals surface area contributed by atoms with Crippen LogP contribution in [0.25, 0.3) is 0 Å². The van der Waals surface area contributed by atoms with Crippen LogP contribution < -0.4 is 25.4 Å². The Morgan fingerprint density at radius 1 is 1.17 bits per heavy atom. The summed E-state index contributed by atoms with van der Waals surface area (Å²) in [7, 11) is 0. The maximum atomic E-state index is 13.0. The van der Waals surface area contributed by atoms with Gasteiger partial charge in [-0.05, 0) is 47.5 Å². The van der Waals surface area contributed by atoms with Crippen molar-refractivity contribution in [3.63, 3.8) is 0 Å². The highest BCUT2D eigenvalue weighted by Gasteiger charge is 2.36. The quantitative estimate of drug-likeness (QED) is 0.217. The number of aliphatic carboxylic acids is 1. The molecule has 0 radical (unpaired) electrons. The van der Waals surface area contributed by atoms with E-state index in [1.807, 2.05) is 0 Å². The van der Waals surface area contributed by atoms with Gasteiger partial charge < -0.3 is 20.1 Å². The van der Waals surface area contributed by atoms with Crippen molar-refractivity contribution in [1.82, 2.24) is 15.7 Å². The highest BCUT2D eigenvalue weighted by molar-refractivity contribution is 6.01. The molecular weight excluding hydrogens is 559 g/mol. The molecular formula is C28H26F3N5O6. The van der Waals surface area contributed by atoms with Crippen LogP contribution in [0.1, 0.15) is 30.0 Å². The van der Waals surface area contributed by atoms with Crippen LogP contribution in [0, 0.1) is 5.92 Å². The van der Waals surface area contributed by atoms with E-state index < -0.39 is 35.9 Å². The molecule has 2 atom stereocenters. The third-order valence-corrected chi connectivity index (χ3v) is 6.39. The van der Waals surface area contributed by atoms with Crippen molar-refractivity contribution in [2.75, 3.05) is 16.5 Å². The summed E-state index contributed by atoms with van der Waals surface area (Å²) >= 11 is 0. The summed E-state index contributed by atoms with van der Waals surface area (Å²) in [6, 6.07) is 14.1. The lowest BCUT2D eigenvalue weighted by atomic mass is 10.0. The Balaban J connectivity index is 1.42. The number of nitrogens with zero attached hydrogens (tertiary/aromatic N) is 3. The molecule has 3 aromatic rings. The summed E-state index contributed by atoms with van der Waals surface area (Å²) in [6.07, 6.45) is -1.85. The summed E-state index contributed by atoms with van der Waals surface area (Å²) in [5.74, 6) is -3.08. The monoisotopic (exact) mass is 585 g/mol. The Bertz CT molecular complexity index is 1440. The number of amides is 3. The van der Waals surface area contributed by atoms with E-state index in [-0.39, 0.29) is 31.8 Å². The van der Waals surface area contributed by atoms with E-state index >= 15 is 0 Å². The van der Waals surface area contributed by atoms with Crippen LogP contribution in [0.15, 0.2) is 73.1 Å². The summed E-state index contributed by atoms with van der Waals surface area (Å²) in [5, 5.41) is 13.1. The fourth-order valence-corrected chi connectivity index (χ4v) is 4.46. The predicted molar refractivity (Wildman–Crippen MR) is 143 cm³/mol. The topological polar surface area (TPSA) is 141 Å². The van der Waals surface area contributed by atoms with Gasteiger partial charge in [0.15, 0.2) is 0 Å². The Morgan fingerprint density at radius 3 is 2.64 bits per heavy atom. The number of carboxylic acid groups (broad SMARTS) is 1. The number of rotatable bonds is 12. The predicted octanol–water partition coefficient (Wildman–Crippen LogP) is 3.33. The van der Waals surface area contributed by atoms with Gasteiger partial charge in [-0.15, -0.1) is 13.2 Å². The van der Waals surface area contributed by atoms with E-state index in [2.05, 4.69) is 20.5 Å². The van der Waals surface area contributed by atoms with Gasteiger partial charge in [0.05, 0.1) is 24.1 Å². The summed E-state index contributed by atoms with van der Waals surface area (Å²) in [6.45, 7) is 0.0127. The summed E-state index contributed by atoms with van der Waals surface area (Å²) in [5.41, 5.74) is 4.49. The van der Waals surface area contributed by atoms with E-state index in [0.717, 1.165) is 11.1 Å². The molecule has 4 rings (SSSR count). The number of carbonyl (C=O) groups excluding carboxylic acids is 3. The molecule has 42 heavy (non-hydrogen) atoms. The molecule has 1 aliphatic rings. The van der Waals surface area contributed by atoms with Crippen molar-refractivity contribution >= 4 is 35.6 Å². The van der Waals surface area contributed by atoms with E-state index in [1.165, 1.54) is 29.4 Å². The van der Waals surface area contributed by atoms with Gasteiger partial charge in [0.2, 0.25) is 18.2 Å². The fourth-order valence-electron chi connectivity index (χ4n) is 4.46. The van der Waals surface area contributed by atoms with Crippen LogP contribution in [-0.4, -0.2) is 47.2 Å². The number of carbonyl (C=O) groups is 4. The second-order valence-corrected chi connectivity index (χ2v) is 9.38. The maximum Gasteiger partial charge on any atom is 0.573 e. The van der Waals surface area contributed by atoms with Crippen LogP contribution in [0.3, 0.4) is 0 Å². The van der Waals surface area contributed by atoms with Crippen LogP contribution in [0.2, 0.25) is 0 Å². The number of benzene rings is 2. The molecule has 11 nitrogen and oxygen atoms in total. The summed E-state index contributed by atoms with van der Waals surface area (Å²) in [4.78, 5) is 54.5. The lowest BCUT2D eigenvalue weighted by molar-refractivity contribution is -0.274. The second kappa shape index (κ2) is 13.1. The number of pyridine rings is 1. The molecule has 0 saturated carbocycles. The normalized spacial score (nSPS) is 15.6. The first-order valence-corrected chi connectivity index (χ1v) is 12.7. The minimum atomic E-state index is -4.84. The lowest BCUT2D eigenvalue weighted by Gasteiger charge is -2.23. The SMILES string of the molecule is O=CN(NCc1cccc(OC(F)(F)F)c1)c1cccc(N2CC(C(=O)NC(CC(=O)O)c3cccnc3)CC2=O)c1. The number of hydrogen-bond donors (Lipinski definition) is 3. The molecule has 14 heteroatoms. The number of carboxylic acids is 1. The molecule has 0 bridgehead atoms. The van der Waals surface area contributed by atoms with Crippen molar-refractivity contribution in [3.05, 3.63) is 84.2 Å². The fraction of sp³-hybridized carbons (Fsp3) is 0.250. The molecule has 1 aliphatic heterocycles. The van der Waals surface area contributed by atoms with Gasteiger partial charge in [-0.3, -0.25) is 24.2 Å². The van der Waals surface area contributed by atoms with Gasteiger partial charge in [0, 0.05) is 37.6 Å². The lowest BCUT2D eigenvalue weighted by Crippen LogP contribution is -2.37. The molecule has 2 heterocycles. The third-order valence-electron chi connectivity index (χ3n) is 6.39. The van der Waals surface area contributed by atoms with Gasteiger partial charge in [-0.25, -0.2) is 10.4 Å². The van der Waals surface area contributed by atoms with Crippen LogP contribution in [0.5, 0.6) is 5.75 Å². The molecule has 3 amide bonds. The minimum Gasteiger partial charge on any atom is -0.481 e. The third kappa shape index (κ3) is 8.04. The Labute approximate surface area is 237 Å². The van der Waals surface area contributed by atoms with Crippen molar-refractivity contribution < 1.29 is 42.2 Å². The van der Waals surface area contributed by atoms with Crippen molar-refractivity contribution in [1.29, 1.82) is 0 Å². The maximum absolute atomic E-state index is 13.0.